The third-order valence-electron chi connectivity index (χ3n) is 6.53. The quantitative estimate of drug-likeness (QED) is 0.308. The molecular formula is C32H45N3O. The van der Waals surface area contributed by atoms with E-state index >= 15 is 0 Å². The Hall–Kier alpha value is -2.98. The molecule has 1 aromatic heterocycles. The first kappa shape index (κ1) is 29.3. The van der Waals surface area contributed by atoms with Crippen LogP contribution in [0.15, 0.2) is 66.3 Å². The zero-order chi connectivity index (χ0) is 26.5. The number of aliphatic hydroxyl groups is 1. The van der Waals surface area contributed by atoms with Crippen molar-refractivity contribution in [2.45, 2.75) is 65.4 Å². The number of aliphatic hydroxyl groups excluding tert-OH is 1. The summed E-state index contributed by atoms with van der Waals surface area (Å²) in [6.07, 6.45) is 14.9. The largest absolute Gasteiger partial charge is 0.393 e. The van der Waals surface area contributed by atoms with Crippen molar-refractivity contribution in [2.75, 3.05) is 21.1 Å². The first-order chi connectivity index (χ1) is 17.3. The van der Waals surface area contributed by atoms with Gasteiger partial charge in [0.1, 0.15) is 0 Å². The van der Waals surface area contributed by atoms with Crippen LogP contribution in [0.1, 0.15) is 69.2 Å². The summed E-state index contributed by atoms with van der Waals surface area (Å²) in [7, 11) is 5.82. The van der Waals surface area contributed by atoms with E-state index in [2.05, 4.69) is 81.0 Å². The number of hydrogen-bond acceptors (Lipinski definition) is 4. The Balaban J connectivity index is 0.000000425. The van der Waals surface area contributed by atoms with E-state index in [0.717, 1.165) is 64.4 Å². The zero-order valence-electron chi connectivity index (χ0n) is 23.2. The topological polar surface area (TPSA) is 48.7 Å². The highest BCUT2D eigenvalue weighted by Crippen LogP contribution is 2.27. The zero-order valence-corrected chi connectivity index (χ0v) is 23.2. The molecule has 4 nitrogen and oxygen atoms in total. The van der Waals surface area contributed by atoms with Gasteiger partial charge < -0.3 is 10.0 Å². The lowest BCUT2D eigenvalue weighted by Crippen LogP contribution is -2.18. The summed E-state index contributed by atoms with van der Waals surface area (Å²) < 4.78 is 0. The van der Waals surface area contributed by atoms with Gasteiger partial charge in [-0.25, -0.2) is 0 Å². The summed E-state index contributed by atoms with van der Waals surface area (Å²) >= 11 is 0. The fourth-order valence-electron chi connectivity index (χ4n) is 4.63. The van der Waals surface area contributed by atoms with Crippen molar-refractivity contribution in [2.24, 2.45) is 10.9 Å². The van der Waals surface area contributed by atoms with E-state index in [9.17, 15) is 5.11 Å². The fourth-order valence-corrected chi connectivity index (χ4v) is 4.63. The number of aromatic nitrogens is 1. The molecule has 3 rings (SSSR count). The Bertz CT molecular complexity index is 1060. The van der Waals surface area contributed by atoms with Gasteiger partial charge in [-0.3, -0.25) is 9.98 Å². The second-order valence-corrected chi connectivity index (χ2v) is 9.71. The van der Waals surface area contributed by atoms with E-state index in [0.29, 0.717) is 0 Å². The highest BCUT2D eigenvalue weighted by Gasteiger charge is 2.17. The maximum Gasteiger partial charge on any atom is 0.0705 e. The first-order valence-electron chi connectivity index (χ1n) is 13.2. The van der Waals surface area contributed by atoms with Crippen LogP contribution in [0, 0.1) is 12.8 Å². The van der Waals surface area contributed by atoms with Gasteiger partial charge >= 0.3 is 0 Å². The lowest BCUT2D eigenvalue weighted by molar-refractivity contribution is 0.0998. The van der Waals surface area contributed by atoms with Crippen LogP contribution in [0.2, 0.25) is 0 Å². The number of aryl methyl sites for hydroxylation is 1. The van der Waals surface area contributed by atoms with Crippen LogP contribution in [-0.2, 0) is 0 Å². The summed E-state index contributed by atoms with van der Waals surface area (Å²) in [5.74, 6) is 0.814. The van der Waals surface area contributed by atoms with Gasteiger partial charge in [0.15, 0.2) is 0 Å². The van der Waals surface area contributed by atoms with Crippen LogP contribution in [0.25, 0.3) is 22.4 Å². The molecule has 0 amide bonds. The third kappa shape index (κ3) is 8.91. The van der Waals surface area contributed by atoms with Gasteiger partial charge in [-0.2, -0.15) is 0 Å². The summed E-state index contributed by atoms with van der Waals surface area (Å²) in [4.78, 5) is 11.1. The van der Waals surface area contributed by atoms with E-state index in [1.54, 1.807) is 7.05 Å². The van der Waals surface area contributed by atoms with Gasteiger partial charge in [0, 0.05) is 50.4 Å². The average Bonchev–Trinajstić information content (AvgIpc) is 2.87. The molecule has 0 spiro atoms. The smallest absolute Gasteiger partial charge is 0.0705 e. The van der Waals surface area contributed by atoms with Crippen molar-refractivity contribution in [3.63, 3.8) is 0 Å². The van der Waals surface area contributed by atoms with Crippen LogP contribution < -0.4 is 0 Å². The molecule has 0 radical (unpaired) electrons. The van der Waals surface area contributed by atoms with E-state index in [4.69, 9.17) is 4.98 Å². The molecule has 0 aliphatic heterocycles. The van der Waals surface area contributed by atoms with Crippen LogP contribution in [-0.4, -0.2) is 48.5 Å². The van der Waals surface area contributed by atoms with Crippen LogP contribution >= 0.6 is 0 Å². The summed E-state index contributed by atoms with van der Waals surface area (Å²) in [6, 6.07) is 12.6. The van der Waals surface area contributed by atoms with E-state index in [1.807, 2.05) is 31.3 Å². The minimum Gasteiger partial charge on any atom is -0.393 e. The lowest BCUT2D eigenvalue weighted by atomic mass is 9.86. The predicted octanol–water partition coefficient (Wildman–Crippen LogP) is 7.59. The molecule has 1 aliphatic rings. The van der Waals surface area contributed by atoms with Gasteiger partial charge in [-0.1, -0.05) is 76.1 Å². The molecule has 2 aromatic rings. The number of benzene rings is 1. The predicted molar refractivity (Wildman–Crippen MR) is 157 cm³/mol. The van der Waals surface area contributed by atoms with Crippen molar-refractivity contribution in [1.29, 1.82) is 0 Å². The molecule has 0 saturated heterocycles. The lowest BCUT2D eigenvalue weighted by Gasteiger charge is -2.24. The second kappa shape index (κ2) is 15.2. The molecule has 1 fully saturated rings. The molecule has 2 unspecified atom stereocenters. The normalized spacial score (nSPS) is 18.5. The van der Waals surface area contributed by atoms with Crippen LogP contribution in [0.4, 0.5) is 0 Å². The van der Waals surface area contributed by atoms with Gasteiger partial charge in [-0.15, -0.1) is 0 Å². The second-order valence-electron chi connectivity index (χ2n) is 9.71. The number of hydrogen-bond donors (Lipinski definition) is 1. The third-order valence-corrected chi connectivity index (χ3v) is 6.53. The van der Waals surface area contributed by atoms with Crippen molar-refractivity contribution >= 4 is 17.4 Å². The van der Waals surface area contributed by atoms with E-state index < -0.39 is 0 Å². The molecule has 1 N–H and O–H groups in total. The van der Waals surface area contributed by atoms with Crippen LogP contribution in [0.5, 0.6) is 0 Å². The fraction of sp³-hybridized carbons (Fsp3) is 0.438. The molecule has 1 saturated carbocycles. The van der Waals surface area contributed by atoms with Gasteiger partial charge in [0.25, 0.3) is 0 Å². The minimum absolute atomic E-state index is 0.0173. The van der Waals surface area contributed by atoms with Crippen molar-refractivity contribution in [3.05, 3.63) is 78.1 Å². The summed E-state index contributed by atoms with van der Waals surface area (Å²) in [5.41, 5.74) is 7.53. The minimum atomic E-state index is 0.0173. The molecule has 4 heteroatoms. The molecule has 1 aromatic carbocycles. The summed E-state index contributed by atoms with van der Waals surface area (Å²) in [6.45, 7) is 10.3. The maximum absolute atomic E-state index is 9.21. The van der Waals surface area contributed by atoms with E-state index in [-0.39, 0.29) is 6.10 Å². The van der Waals surface area contributed by atoms with Gasteiger partial charge in [0.05, 0.1) is 11.8 Å². The Morgan fingerprint density at radius 1 is 1.17 bits per heavy atom. The van der Waals surface area contributed by atoms with Crippen molar-refractivity contribution < 1.29 is 5.11 Å². The first-order valence-corrected chi connectivity index (χ1v) is 13.2. The molecule has 0 bridgehead atoms. The van der Waals surface area contributed by atoms with Crippen molar-refractivity contribution in [1.82, 2.24) is 9.88 Å². The molecule has 1 heterocycles. The summed E-state index contributed by atoms with van der Waals surface area (Å²) in [5, 5.41) is 9.21. The highest BCUT2D eigenvalue weighted by molar-refractivity contribution is 6.10. The number of pyridine rings is 1. The van der Waals surface area contributed by atoms with Crippen LogP contribution in [0.3, 0.4) is 0 Å². The number of nitrogens with zero attached hydrogens (tertiary/aromatic N) is 3. The Labute approximate surface area is 219 Å². The van der Waals surface area contributed by atoms with Gasteiger partial charge in [0.2, 0.25) is 0 Å². The molecule has 2 atom stereocenters. The highest BCUT2D eigenvalue weighted by atomic mass is 16.3. The Kier molecular flexibility index (Phi) is 12.4. The monoisotopic (exact) mass is 487 g/mol. The number of allylic oxidation sites excluding steroid dienone is 4. The number of aliphatic imine (C=N–C) groups is 1. The molecule has 36 heavy (non-hydrogen) atoms. The molecule has 194 valence electrons. The Morgan fingerprint density at radius 2 is 1.94 bits per heavy atom. The standard InChI is InChI=1S/C24H29N3.C8H16O/c1-7-10-22(16-25-4)23-13-14-24(26-18(23)3)21-12-9-11-20(15-21)19(8-2)17-27(5)6;1-2-7-4-3-5-8(9)6-7/h8-17H,2,7H2,1,3-6H3;7-9H,2-6H2,1H3/b19-17+,22-10+,25-16?;. The maximum atomic E-state index is 9.21. The molecule has 1 aliphatic carbocycles. The molecular weight excluding hydrogens is 442 g/mol. The Morgan fingerprint density at radius 3 is 2.50 bits per heavy atom. The SMILES string of the molecule is C=C/C(=C\N(C)C)c1cccc(-c2ccc(/C(C=NC)=C/CC)c(C)n2)c1.CCC1CCCC(O)C1. The number of rotatable bonds is 8. The van der Waals surface area contributed by atoms with E-state index in [1.165, 1.54) is 19.3 Å². The van der Waals surface area contributed by atoms with Crippen molar-refractivity contribution in [3.8, 4) is 11.3 Å². The average molecular weight is 488 g/mol. The van der Waals surface area contributed by atoms with Gasteiger partial charge in [-0.05, 0) is 60.9 Å².